The molecule has 0 radical (unpaired) electrons. The first-order valence-corrected chi connectivity index (χ1v) is 6.01. The molecule has 0 amide bonds. The SMILES string of the molecule is CCCn1ccc(=O)n(Cc2cncc(F)c2)c1=O. The highest BCUT2D eigenvalue weighted by atomic mass is 19.1. The van der Waals surface area contributed by atoms with Gasteiger partial charge in [0.25, 0.3) is 5.56 Å². The smallest absolute Gasteiger partial charge is 0.300 e. The zero-order valence-electron chi connectivity index (χ0n) is 10.5. The minimum Gasteiger partial charge on any atom is -0.300 e. The van der Waals surface area contributed by atoms with Gasteiger partial charge in [0, 0.05) is 25.0 Å². The molecule has 0 aliphatic rings. The summed E-state index contributed by atoms with van der Waals surface area (Å²) in [5, 5.41) is 0. The Labute approximate surface area is 109 Å². The fourth-order valence-electron chi connectivity index (χ4n) is 1.84. The van der Waals surface area contributed by atoms with Crippen LogP contribution >= 0.6 is 0 Å². The van der Waals surface area contributed by atoms with Crippen LogP contribution in [0.25, 0.3) is 0 Å². The van der Waals surface area contributed by atoms with Crippen LogP contribution in [0.5, 0.6) is 0 Å². The Morgan fingerprint density at radius 1 is 1.32 bits per heavy atom. The summed E-state index contributed by atoms with van der Waals surface area (Å²) in [4.78, 5) is 27.5. The minimum atomic E-state index is -0.490. The summed E-state index contributed by atoms with van der Waals surface area (Å²) in [6.45, 7) is 2.51. The van der Waals surface area contributed by atoms with E-state index in [2.05, 4.69) is 4.98 Å². The van der Waals surface area contributed by atoms with Crippen LogP contribution in [0.4, 0.5) is 4.39 Å². The van der Waals surface area contributed by atoms with Crippen LogP contribution in [0.3, 0.4) is 0 Å². The molecule has 2 heterocycles. The molecule has 0 saturated heterocycles. The number of halogens is 1. The standard InChI is InChI=1S/C13H14FN3O2/c1-2-4-16-5-3-12(18)17(13(16)19)9-10-6-11(14)8-15-7-10/h3,5-8H,2,4,9H2,1H3. The highest BCUT2D eigenvalue weighted by molar-refractivity contribution is 5.10. The topological polar surface area (TPSA) is 56.9 Å². The molecule has 100 valence electrons. The van der Waals surface area contributed by atoms with Crippen LogP contribution in [0.1, 0.15) is 18.9 Å². The van der Waals surface area contributed by atoms with Gasteiger partial charge in [0.05, 0.1) is 12.7 Å². The van der Waals surface area contributed by atoms with Gasteiger partial charge in [0.1, 0.15) is 5.82 Å². The maximum atomic E-state index is 13.0. The predicted octanol–water partition coefficient (Wildman–Crippen LogP) is 1.00. The lowest BCUT2D eigenvalue weighted by Gasteiger charge is -2.08. The van der Waals surface area contributed by atoms with Crippen molar-refractivity contribution in [2.24, 2.45) is 0 Å². The van der Waals surface area contributed by atoms with Crippen LogP contribution in [0.2, 0.25) is 0 Å². The van der Waals surface area contributed by atoms with E-state index in [1.165, 1.54) is 29.1 Å². The van der Waals surface area contributed by atoms with Crippen molar-refractivity contribution in [1.29, 1.82) is 0 Å². The zero-order valence-corrected chi connectivity index (χ0v) is 10.5. The van der Waals surface area contributed by atoms with Crippen molar-refractivity contribution >= 4 is 0 Å². The molecule has 0 N–H and O–H groups in total. The van der Waals surface area contributed by atoms with Crippen molar-refractivity contribution in [3.8, 4) is 0 Å². The molecule has 0 saturated carbocycles. The molecule has 0 aliphatic carbocycles. The van der Waals surface area contributed by atoms with Gasteiger partial charge in [-0.05, 0) is 18.1 Å². The number of pyridine rings is 1. The van der Waals surface area contributed by atoms with Gasteiger partial charge in [-0.15, -0.1) is 0 Å². The van der Waals surface area contributed by atoms with Gasteiger partial charge in [-0.2, -0.15) is 0 Å². The van der Waals surface area contributed by atoms with E-state index in [1.54, 1.807) is 0 Å². The summed E-state index contributed by atoms with van der Waals surface area (Å²) < 4.78 is 15.6. The lowest BCUT2D eigenvalue weighted by Crippen LogP contribution is -2.39. The molecule has 0 aromatic carbocycles. The first kappa shape index (κ1) is 13.2. The van der Waals surface area contributed by atoms with Crippen molar-refractivity contribution in [3.63, 3.8) is 0 Å². The van der Waals surface area contributed by atoms with Crippen molar-refractivity contribution in [2.45, 2.75) is 26.4 Å². The van der Waals surface area contributed by atoms with Gasteiger partial charge in [0.2, 0.25) is 0 Å². The summed E-state index contributed by atoms with van der Waals surface area (Å²) >= 11 is 0. The Hall–Kier alpha value is -2.24. The van der Waals surface area contributed by atoms with Crippen molar-refractivity contribution in [2.75, 3.05) is 0 Å². The Kier molecular flexibility index (Phi) is 3.89. The van der Waals surface area contributed by atoms with Crippen LogP contribution < -0.4 is 11.2 Å². The predicted molar refractivity (Wildman–Crippen MR) is 68.6 cm³/mol. The fourth-order valence-corrected chi connectivity index (χ4v) is 1.84. The van der Waals surface area contributed by atoms with Crippen molar-refractivity contribution < 1.29 is 4.39 Å². The van der Waals surface area contributed by atoms with Crippen LogP contribution in [0, 0.1) is 5.82 Å². The molecule has 0 atom stereocenters. The lowest BCUT2D eigenvalue weighted by molar-refractivity contribution is 0.566. The second-order valence-corrected chi connectivity index (χ2v) is 4.23. The van der Waals surface area contributed by atoms with Gasteiger partial charge < -0.3 is 4.57 Å². The van der Waals surface area contributed by atoms with Gasteiger partial charge in [-0.25, -0.2) is 9.18 Å². The molecule has 6 heteroatoms. The van der Waals surface area contributed by atoms with Crippen molar-refractivity contribution in [3.05, 3.63) is 62.9 Å². The summed E-state index contributed by atoms with van der Waals surface area (Å²) in [6, 6.07) is 2.60. The molecule has 0 fully saturated rings. The second-order valence-electron chi connectivity index (χ2n) is 4.23. The summed E-state index contributed by atoms with van der Waals surface area (Å²) in [5.74, 6) is -0.490. The molecule has 2 aromatic rings. The van der Waals surface area contributed by atoms with Crippen LogP contribution in [-0.4, -0.2) is 14.1 Å². The average Bonchev–Trinajstić information content (AvgIpc) is 2.38. The average molecular weight is 263 g/mol. The first-order chi connectivity index (χ1) is 9.11. The first-order valence-electron chi connectivity index (χ1n) is 6.01. The maximum Gasteiger partial charge on any atom is 0.331 e. The van der Waals surface area contributed by atoms with Gasteiger partial charge in [-0.3, -0.25) is 14.3 Å². The van der Waals surface area contributed by atoms with Gasteiger partial charge >= 0.3 is 5.69 Å². The Bertz CT molecular complexity index is 691. The minimum absolute atomic E-state index is 0.0208. The van der Waals surface area contributed by atoms with Crippen molar-refractivity contribution in [1.82, 2.24) is 14.1 Å². The van der Waals surface area contributed by atoms with Gasteiger partial charge in [0.15, 0.2) is 0 Å². The third kappa shape index (κ3) is 2.96. The molecule has 0 bridgehead atoms. The third-order valence-electron chi connectivity index (χ3n) is 2.71. The molecule has 5 nitrogen and oxygen atoms in total. The van der Waals surface area contributed by atoms with E-state index in [0.29, 0.717) is 12.1 Å². The van der Waals surface area contributed by atoms with E-state index in [1.807, 2.05) is 6.92 Å². The van der Waals surface area contributed by atoms with E-state index in [-0.39, 0.29) is 6.54 Å². The van der Waals surface area contributed by atoms with E-state index in [0.717, 1.165) is 17.2 Å². The Balaban J connectivity index is 2.42. The largest absolute Gasteiger partial charge is 0.331 e. The lowest BCUT2D eigenvalue weighted by atomic mass is 10.3. The van der Waals surface area contributed by atoms with E-state index >= 15 is 0 Å². The fraction of sp³-hybridized carbons (Fsp3) is 0.308. The quantitative estimate of drug-likeness (QED) is 0.827. The Morgan fingerprint density at radius 3 is 2.79 bits per heavy atom. The molecular formula is C13H14FN3O2. The second kappa shape index (κ2) is 5.60. The zero-order chi connectivity index (χ0) is 13.8. The highest BCUT2D eigenvalue weighted by Crippen LogP contribution is 2.01. The van der Waals surface area contributed by atoms with Gasteiger partial charge in [-0.1, -0.05) is 6.92 Å². The van der Waals surface area contributed by atoms with Crippen LogP contribution in [-0.2, 0) is 13.1 Å². The van der Waals surface area contributed by atoms with E-state index < -0.39 is 17.1 Å². The molecule has 2 rings (SSSR count). The monoisotopic (exact) mass is 263 g/mol. The summed E-state index contributed by atoms with van der Waals surface area (Å²) in [5.41, 5.74) is -0.311. The number of aryl methyl sites for hydroxylation is 1. The van der Waals surface area contributed by atoms with E-state index in [9.17, 15) is 14.0 Å². The molecule has 0 unspecified atom stereocenters. The Morgan fingerprint density at radius 2 is 2.11 bits per heavy atom. The summed E-state index contributed by atoms with van der Waals surface area (Å²) in [6.07, 6.45) is 4.78. The number of nitrogens with zero attached hydrogens (tertiary/aromatic N) is 3. The molecular weight excluding hydrogens is 249 g/mol. The normalized spacial score (nSPS) is 10.6. The number of rotatable bonds is 4. The van der Waals surface area contributed by atoms with Crippen LogP contribution in [0.15, 0.2) is 40.3 Å². The molecule has 0 aliphatic heterocycles. The molecule has 2 aromatic heterocycles. The number of hydrogen-bond acceptors (Lipinski definition) is 3. The summed E-state index contributed by atoms with van der Waals surface area (Å²) in [7, 11) is 0. The van der Waals surface area contributed by atoms with E-state index in [4.69, 9.17) is 0 Å². The highest BCUT2D eigenvalue weighted by Gasteiger charge is 2.06. The maximum absolute atomic E-state index is 13.0. The number of aromatic nitrogens is 3. The number of hydrogen-bond donors (Lipinski definition) is 0. The third-order valence-corrected chi connectivity index (χ3v) is 2.71. The molecule has 19 heavy (non-hydrogen) atoms. The molecule has 0 spiro atoms.